The van der Waals surface area contributed by atoms with E-state index < -0.39 is 0 Å². The zero-order valence-corrected chi connectivity index (χ0v) is 11.1. The van der Waals surface area contributed by atoms with Gasteiger partial charge in [-0.3, -0.25) is 0 Å². The molecular formula is C13H25N3. The first kappa shape index (κ1) is 13.1. The van der Waals surface area contributed by atoms with E-state index in [0.29, 0.717) is 6.04 Å². The van der Waals surface area contributed by atoms with Gasteiger partial charge in [-0.15, -0.1) is 0 Å². The molecule has 0 saturated heterocycles. The maximum Gasteiger partial charge on any atom is 0.127 e. The molecule has 0 radical (unpaired) electrons. The summed E-state index contributed by atoms with van der Waals surface area (Å²) >= 11 is 0. The average Bonchev–Trinajstić information content (AvgIpc) is 2.49. The van der Waals surface area contributed by atoms with Crippen LogP contribution in [0, 0.1) is 6.92 Å². The number of nitrogens with two attached hydrogens (primary N) is 1. The van der Waals surface area contributed by atoms with Crippen LogP contribution < -0.4 is 5.73 Å². The van der Waals surface area contributed by atoms with Gasteiger partial charge in [0, 0.05) is 6.04 Å². The quantitative estimate of drug-likeness (QED) is 0.750. The van der Waals surface area contributed by atoms with E-state index in [4.69, 9.17) is 5.73 Å². The molecule has 1 aromatic heterocycles. The lowest BCUT2D eigenvalue weighted by Gasteiger charge is -2.11. The number of nitrogens with zero attached hydrogens (tertiary/aromatic N) is 2. The predicted octanol–water partition coefficient (Wildman–Crippen LogP) is 3.48. The Morgan fingerprint density at radius 3 is 2.44 bits per heavy atom. The molecule has 0 spiro atoms. The summed E-state index contributed by atoms with van der Waals surface area (Å²) in [6, 6.07) is 0.400. The summed E-state index contributed by atoms with van der Waals surface area (Å²) in [6.45, 7) is 8.55. The van der Waals surface area contributed by atoms with Crippen LogP contribution in [-0.4, -0.2) is 9.55 Å². The van der Waals surface area contributed by atoms with E-state index >= 15 is 0 Å². The summed E-state index contributed by atoms with van der Waals surface area (Å²) in [5, 5.41) is 0. The lowest BCUT2D eigenvalue weighted by molar-refractivity contribution is 0.590. The molecule has 0 unspecified atom stereocenters. The van der Waals surface area contributed by atoms with Crippen LogP contribution in [0.5, 0.6) is 0 Å². The lowest BCUT2D eigenvalue weighted by Crippen LogP contribution is -2.07. The Bertz CT molecular complexity index is 326. The van der Waals surface area contributed by atoms with Crippen LogP contribution in [0.15, 0.2) is 0 Å². The van der Waals surface area contributed by atoms with Crippen molar-refractivity contribution in [3.8, 4) is 0 Å². The Labute approximate surface area is 99.1 Å². The highest BCUT2D eigenvalue weighted by molar-refractivity contribution is 5.38. The van der Waals surface area contributed by atoms with E-state index in [1.54, 1.807) is 0 Å². The Balaban J connectivity index is 2.64. The van der Waals surface area contributed by atoms with Crippen molar-refractivity contribution in [2.75, 3.05) is 5.73 Å². The number of imidazole rings is 1. The van der Waals surface area contributed by atoms with Crippen LogP contribution in [0.4, 0.5) is 5.82 Å². The van der Waals surface area contributed by atoms with Crippen molar-refractivity contribution in [3.63, 3.8) is 0 Å². The smallest absolute Gasteiger partial charge is 0.127 e. The maximum absolute atomic E-state index is 6.12. The molecule has 0 aliphatic carbocycles. The van der Waals surface area contributed by atoms with Crippen molar-refractivity contribution in [3.05, 3.63) is 11.5 Å². The highest BCUT2D eigenvalue weighted by Crippen LogP contribution is 2.21. The molecule has 16 heavy (non-hydrogen) atoms. The Morgan fingerprint density at radius 2 is 1.94 bits per heavy atom. The Kier molecular flexibility index (Phi) is 4.84. The van der Waals surface area contributed by atoms with Crippen molar-refractivity contribution < 1.29 is 0 Å². The van der Waals surface area contributed by atoms with E-state index in [1.807, 2.05) is 6.92 Å². The third kappa shape index (κ3) is 3.00. The zero-order valence-electron chi connectivity index (χ0n) is 11.1. The van der Waals surface area contributed by atoms with Crippen molar-refractivity contribution >= 4 is 5.82 Å². The molecule has 3 heteroatoms. The summed E-state index contributed by atoms with van der Waals surface area (Å²) in [4.78, 5) is 4.57. The van der Waals surface area contributed by atoms with Gasteiger partial charge in [-0.1, -0.05) is 26.2 Å². The normalized spacial score (nSPS) is 11.3. The molecular weight excluding hydrogens is 198 g/mol. The van der Waals surface area contributed by atoms with Gasteiger partial charge in [-0.2, -0.15) is 0 Å². The van der Waals surface area contributed by atoms with Crippen LogP contribution in [-0.2, 0) is 6.42 Å². The van der Waals surface area contributed by atoms with Gasteiger partial charge < -0.3 is 10.3 Å². The van der Waals surface area contributed by atoms with E-state index in [-0.39, 0.29) is 0 Å². The minimum absolute atomic E-state index is 0.400. The fourth-order valence-corrected chi connectivity index (χ4v) is 2.17. The molecule has 0 aliphatic rings. The monoisotopic (exact) mass is 223 g/mol. The molecule has 1 rings (SSSR count). The van der Waals surface area contributed by atoms with Gasteiger partial charge in [0.15, 0.2) is 0 Å². The molecule has 1 heterocycles. The SMILES string of the molecule is CCCCCCc1nc(C)n(C(C)C)c1N. The minimum atomic E-state index is 0.400. The van der Waals surface area contributed by atoms with Gasteiger partial charge in [0.05, 0.1) is 5.69 Å². The summed E-state index contributed by atoms with van der Waals surface area (Å²) in [5.74, 6) is 1.90. The largest absolute Gasteiger partial charge is 0.384 e. The molecule has 92 valence electrons. The summed E-state index contributed by atoms with van der Waals surface area (Å²) < 4.78 is 2.12. The standard InChI is InChI=1S/C13H25N3/c1-5-6-7-8-9-12-13(14)16(10(2)3)11(4)15-12/h10H,5-9,14H2,1-4H3. The first-order chi connectivity index (χ1) is 7.57. The van der Waals surface area contributed by atoms with Crippen LogP contribution in [0.25, 0.3) is 0 Å². The fraction of sp³-hybridized carbons (Fsp3) is 0.769. The number of hydrogen-bond acceptors (Lipinski definition) is 2. The van der Waals surface area contributed by atoms with Crippen molar-refractivity contribution in [1.82, 2.24) is 9.55 Å². The van der Waals surface area contributed by atoms with Crippen LogP contribution in [0.1, 0.15) is 64.0 Å². The second-order valence-electron chi connectivity index (χ2n) is 4.77. The fourth-order valence-electron chi connectivity index (χ4n) is 2.17. The number of hydrogen-bond donors (Lipinski definition) is 1. The highest BCUT2D eigenvalue weighted by Gasteiger charge is 2.13. The molecule has 3 nitrogen and oxygen atoms in total. The van der Waals surface area contributed by atoms with Gasteiger partial charge >= 0.3 is 0 Å². The summed E-state index contributed by atoms with van der Waals surface area (Å²) in [5.41, 5.74) is 7.21. The van der Waals surface area contributed by atoms with Crippen LogP contribution in [0.2, 0.25) is 0 Å². The van der Waals surface area contributed by atoms with Gasteiger partial charge in [-0.05, 0) is 33.6 Å². The van der Waals surface area contributed by atoms with Gasteiger partial charge in [0.1, 0.15) is 11.6 Å². The van der Waals surface area contributed by atoms with Gasteiger partial charge in [-0.25, -0.2) is 4.98 Å². The second kappa shape index (κ2) is 5.92. The first-order valence-corrected chi connectivity index (χ1v) is 6.41. The molecule has 0 amide bonds. The third-order valence-corrected chi connectivity index (χ3v) is 2.98. The number of aromatic nitrogens is 2. The number of nitrogen functional groups attached to an aromatic ring is 1. The zero-order chi connectivity index (χ0) is 12.1. The van der Waals surface area contributed by atoms with Crippen molar-refractivity contribution in [2.45, 2.75) is 65.8 Å². The number of anilines is 1. The minimum Gasteiger partial charge on any atom is -0.384 e. The Morgan fingerprint density at radius 1 is 1.25 bits per heavy atom. The third-order valence-electron chi connectivity index (χ3n) is 2.98. The number of aryl methyl sites for hydroxylation is 2. The van der Waals surface area contributed by atoms with Gasteiger partial charge in [0.25, 0.3) is 0 Å². The molecule has 0 bridgehead atoms. The molecule has 0 fully saturated rings. The van der Waals surface area contributed by atoms with Crippen molar-refractivity contribution in [1.29, 1.82) is 0 Å². The highest BCUT2D eigenvalue weighted by atomic mass is 15.2. The average molecular weight is 223 g/mol. The van der Waals surface area contributed by atoms with E-state index in [0.717, 1.165) is 23.8 Å². The van der Waals surface area contributed by atoms with E-state index in [2.05, 4.69) is 30.3 Å². The molecule has 0 saturated carbocycles. The topological polar surface area (TPSA) is 43.8 Å². The predicted molar refractivity (Wildman–Crippen MR) is 69.6 cm³/mol. The van der Waals surface area contributed by atoms with Crippen molar-refractivity contribution in [2.24, 2.45) is 0 Å². The molecule has 1 aromatic rings. The van der Waals surface area contributed by atoms with Crippen LogP contribution in [0.3, 0.4) is 0 Å². The molecule has 2 N–H and O–H groups in total. The summed E-state index contributed by atoms with van der Waals surface area (Å²) in [7, 11) is 0. The number of unbranched alkanes of at least 4 members (excludes halogenated alkanes) is 3. The molecule has 0 aromatic carbocycles. The second-order valence-corrected chi connectivity index (χ2v) is 4.77. The lowest BCUT2D eigenvalue weighted by atomic mass is 10.1. The maximum atomic E-state index is 6.12. The van der Waals surface area contributed by atoms with Gasteiger partial charge in [0.2, 0.25) is 0 Å². The molecule has 0 atom stereocenters. The Hall–Kier alpha value is -0.990. The summed E-state index contributed by atoms with van der Waals surface area (Å²) in [6.07, 6.45) is 6.08. The van der Waals surface area contributed by atoms with E-state index in [9.17, 15) is 0 Å². The molecule has 0 aliphatic heterocycles. The van der Waals surface area contributed by atoms with E-state index in [1.165, 1.54) is 25.7 Å². The van der Waals surface area contributed by atoms with Crippen LogP contribution >= 0.6 is 0 Å². The first-order valence-electron chi connectivity index (χ1n) is 6.41. The number of rotatable bonds is 6.